The number of anilines is 1. The number of aryl methyl sites for hydroxylation is 1. The van der Waals surface area contributed by atoms with Gasteiger partial charge in [-0.05, 0) is 43.7 Å². The number of nitrogens with zero attached hydrogens (tertiary/aromatic N) is 2. The van der Waals surface area contributed by atoms with Gasteiger partial charge in [0.2, 0.25) is 5.91 Å². The van der Waals surface area contributed by atoms with E-state index in [1.807, 2.05) is 30.0 Å². The molecular weight excluding hydrogens is 427 g/mol. The molecule has 25 heavy (non-hydrogen) atoms. The molecule has 0 saturated heterocycles. The number of carbonyl (C=O) groups excluding carboxylic acids is 1. The Morgan fingerprint density at radius 3 is 2.76 bits per heavy atom. The maximum atomic E-state index is 12.6. The molecule has 0 fully saturated rings. The molecular formula is C19H31IN4O. The molecule has 0 spiro atoms. The van der Waals surface area contributed by atoms with Gasteiger partial charge in [0.25, 0.3) is 0 Å². The van der Waals surface area contributed by atoms with Gasteiger partial charge in [0.05, 0.1) is 0 Å². The average Bonchev–Trinajstić information content (AvgIpc) is 2.58. The second-order valence-corrected chi connectivity index (χ2v) is 6.58. The monoisotopic (exact) mass is 458 g/mol. The van der Waals surface area contributed by atoms with Gasteiger partial charge in [0.15, 0.2) is 5.96 Å². The first-order valence-electron chi connectivity index (χ1n) is 9.02. The Labute approximate surface area is 168 Å². The highest BCUT2D eigenvalue weighted by atomic mass is 127. The van der Waals surface area contributed by atoms with E-state index in [1.165, 1.54) is 5.56 Å². The number of hydrogen-bond donors (Lipinski definition) is 2. The highest BCUT2D eigenvalue weighted by Crippen LogP contribution is 2.26. The molecule has 6 heteroatoms. The molecule has 2 N–H and O–H groups in total. The van der Waals surface area contributed by atoms with Crippen LogP contribution in [0.15, 0.2) is 29.3 Å². The molecule has 0 saturated carbocycles. The maximum absolute atomic E-state index is 12.6. The van der Waals surface area contributed by atoms with Gasteiger partial charge in [0.1, 0.15) is 6.54 Å². The fourth-order valence-corrected chi connectivity index (χ4v) is 2.85. The molecule has 0 bridgehead atoms. The Kier molecular flexibility index (Phi) is 9.85. The number of fused-ring (bicyclic) bond motifs is 1. The van der Waals surface area contributed by atoms with Gasteiger partial charge in [-0.15, -0.1) is 24.0 Å². The SMILES string of the molecule is CCNC(=NCC(=O)N1CCCc2ccccc21)NCCC(C)C.I. The van der Waals surface area contributed by atoms with Crippen molar-refractivity contribution in [1.29, 1.82) is 0 Å². The minimum absolute atomic E-state index is 0. The van der Waals surface area contributed by atoms with Gasteiger partial charge in [-0.25, -0.2) is 4.99 Å². The van der Waals surface area contributed by atoms with Crippen molar-refractivity contribution in [2.75, 3.05) is 31.1 Å². The molecule has 0 atom stereocenters. The number of para-hydroxylation sites is 1. The van der Waals surface area contributed by atoms with E-state index < -0.39 is 0 Å². The van der Waals surface area contributed by atoms with Gasteiger partial charge in [-0.1, -0.05) is 32.0 Å². The summed E-state index contributed by atoms with van der Waals surface area (Å²) in [5, 5.41) is 6.50. The standard InChI is InChI=1S/C19H30N4O.HI/c1-4-20-19(21-12-11-15(2)3)22-14-18(24)23-13-7-9-16-8-5-6-10-17(16)23;/h5-6,8,10,15H,4,7,9,11-14H2,1-3H3,(H2,20,21,22);1H. The number of aliphatic imine (C=N–C) groups is 1. The van der Waals surface area contributed by atoms with Crippen molar-refractivity contribution in [2.24, 2.45) is 10.9 Å². The zero-order chi connectivity index (χ0) is 17.4. The van der Waals surface area contributed by atoms with Crippen LogP contribution in [0.25, 0.3) is 0 Å². The average molecular weight is 458 g/mol. The summed E-state index contributed by atoms with van der Waals surface area (Å²) in [5.74, 6) is 1.42. The third-order valence-electron chi connectivity index (χ3n) is 4.14. The van der Waals surface area contributed by atoms with Gasteiger partial charge in [-0.2, -0.15) is 0 Å². The molecule has 0 radical (unpaired) electrons. The first kappa shape index (κ1) is 21.7. The zero-order valence-corrected chi connectivity index (χ0v) is 17.9. The molecule has 1 aliphatic heterocycles. The predicted molar refractivity (Wildman–Crippen MR) is 116 cm³/mol. The molecule has 1 heterocycles. The van der Waals surface area contributed by atoms with Crippen LogP contribution >= 0.6 is 24.0 Å². The quantitative estimate of drug-likeness (QED) is 0.391. The molecule has 0 unspecified atom stereocenters. The van der Waals surface area contributed by atoms with Crippen molar-refractivity contribution in [3.8, 4) is 0 Å². The lowest BCUT2D eigenvalue weighted by molar-refractivity contribution is -0.117. The van der Waals surface area contributed by atoms with Crippen LogP contribution in [0.4, 0.5) is 5.69 Å². The summed E-state index contributed by atoms with van der Waals surface area (Å²) in [6.45, 7) is 9.03. The van der Waals surface area contributed by atoms with E-state index in [2.05, 4.69) is 35.5 Å². The number of guanidine groups is 1. The summed E-state index contributed by atoms with van der Waals surface area (Å²) in [5.41, 5.74) is 2.30. The van der Waals surface area contributed by atoms with Crippen molar-refractivity contribution >= 4 is 41.5 Å². The van der Waals surface area contributed by atoms with E-state index in [0.29, 0.717) is 5.92 Å². The number of nitrogens with one attached hydrogen (secondary N) is 2. The molecule has 1 aromatic carbocycles. The van der Waals surface area contributed by atoms with Crippen LogP contribution in [0.1, 0.15) is 39.2 Å². The maximum Gasteiger partial charge on any atom is 0.248 e. The second-order valence-electron chi connectivity index (χ2n) is 6.58. The number of benzene rings is 1. The van der Waals surface area contributed by atoms with Crippen molar-refractivity contribution in [3.63, 3.8) is 0 Å². The largest absolute Gasteiger partial charge is 0.357 e. The van der Waals surface area contributed by atoms with Crippen LogP contribution in [0.5, 0.6) is 0 Å². The lowest BCUT2D eigenvalue weighted by Gasteiger charge is -2.29. The molecule has 0 aromatic heterocycles. The van der Waals surface area contributed by atoms with E-state index in [4.69, 9.17) is 0 Å². The van der Waals surface area contributed by atoms with Gasteiger partial charge >= 0.3 is 0 Å². The van der Waals surface area contributed by atoms with Gasteiger partial charge in [-0.3, -0.25) is 4.79 Å². The summed E-state index contributed by atoms with van der Waals surface area (Å²) in [6.07, 6.45) is 3.14. The number of amides is 1. The summed E-state index contributed by atoms with van der Waals surface area (Å²) >= 11 is 0. The Bertz CT molecular complexity index is 574. The fourth-order valence-electron chi connectivity index (χ4n) is 2.85. The molecule has 5 nitrogen and oxygen atoms in total. The lowest BCUT2D eigenvalue weighted by atomic mass is 10.0. The van der Waals surface area contributed by atoms with Crippen LogP contribution in [-0.4, -0.2) is 38.0 Å². The molecule has 1 aliphatic rings. The van der Waals surface area contributed by atoms with E-state index in [1.54, 1.807) is 0 Å². The molecule has 140 valence electrons. The van der Waals surface area contributed by atoms with Gasteiger partial charge < -0.3 is 15.5 Å². The molecule has 0 aliphatic carbocycles. The van der Waals surface area contributed by atoms with E-state index in [0.717, 1.165) is 50.5 Å². The number of carbonyl (C=O) groups is 1. The lowest BCUT2D eigenvalue weighted by Crippen LogP contribution is -2.41. The fraction of sp³-hybridized carbons (Fsp3) is 0.579. The third kappa shape index (κ3) is 6.84. The first-order chi connectivity index (χ1) is 11.6. The van der Waals surface area contributed by atoms with E-state index in [-0.39, 0.29) is 36.4 Å². The van der Waals surface area contributed by atoms with Crippen LogP contribution in [0.2, 0.25) is 0 Å². The Morgan fingerprint density at radius 1 is 1.28 bits per heavy atom. The van der Waals surface area contributed by atoms with Crippen LogP contribution in [-0.2, 0) is 11.2 Å². The third-order valence-corrected chi connectivity index (χ3v) is 4.14. The van der Waals surface area contributed by atoms with Crippen LogP contribution in [0, 0.1) is 5.92 Å². The summed E-state index contributed by atoms with van der Waals surface area (Å²) in [6, 6.07) is 8.16. The Balaban J connectivity index is 0.00000312. The van der Waals surface area contributed by atoms with Crippen molar-refractivity contribution < 1.29 is 4.79 Å². The summed E-state index contributed by atoms with van der Waals surface area (Å²) in [4.78, 5) is 19.0. The molecule has 1 amide bonds. The highest BCUT2D eigenvalue weighted by molar-refractivity contribution is 14.0. The Morgan fingerprint density at radius 2 is 2.04 bits per heavy atom. The topological polar surface area (TPSA) is 56.7 Å². The Hall–Kier alpha value is -1.31. The zero-order valence-electron chi connectivity index (χ0n) is 15.5. The van der Waals surface area contributed by atoms with Crippen molar-refractivity contribution in [2.45, 2.75) is 40.0 Å². The summed E-state index contributed by atoms with van der Waals surface area (Å²) < 4.78 is 0. The first-order valence-corrected chi connectivity index (χ1v) is 9.02. The summed E-state index contributed by atoms with van der Waals surface area (Å²) in [7, 11) is 0. The number of hydrogen-bond acceptors (Lipinski definition) is 2. The highest BCUT2D eigenvalue weighted by Gasteiger charge is 2.21. The molecule has 2 rings (SSSR count). The van der Waals surface area contributed by atoms with Crippen LogP contribution in [0.3, 0.4) is 0 Å². The second kappa shape index (κ2) is 11.3. The van der Waals surface area contributed by atoms with E-state index >= 15 is 0 Å². The number of rotatable bonds is 6. The van der Waals surface area contributed by atoms with Gasteiger partial charge in [0, 0.05) is 25.3 Å². The van der Waals surface area contributed by atoms with E-state index in [9.17, 15) is 4.79 Å². The van der Waals surface area contributed by atoms with Crippen molar-refractivity contribution in [3.05, 3.63) is 29.8 Å². The minimum atomic E-state index is 0. The normalized spacial score (nSPS) is 13.9. The number of halogens is 1. The molecule has 1 aromatic rings. The predicted octanol–water partition coefficient (Wildman–Crippen LogP) is 3.19. The smallest absolute Gasteiger partial charge is 0.248 e. The van der Waals surface area contributed by atoms with Crippen LogP contribution < -0.4 is 15.5 Å². The minimum Gasteiger partial charge on any atom is -0.357 e. The van der Waals surface area contributed by atoms with Crippen molar-refractivity contribution in [1.82, 2.24) is 10.6 Å².